The molecule has 1 aliphatic rings. The number of aromatic nitrogens is 2. The summed E-state index contributed by atoms with van der Waals surface area (Å²) in [6.07, 6.45) is 2.57. The number of hydrogen-bond donors (Lipinski definition) is 0. The Labute approximate surface area is 136 Å². The molecule has 6 heteroatoms. The molecule has 0 unspecified atom stereocenters. The van der Waals surface area contributed by atoms with E-state index in [4.69, 9.17) is 16.6 Å². The Morgan fingerprint density at radius 3 is 2.90 bits per heavy atom. The first-order chi connectivity index (χ1) is 10.2. The van der Waals surface area contributed by atoms with Gasteiger partial charge in [-0.1, -0.05) is 17.7 Å². The van der Waals surface area contributed by atoms with Gasteiger partial charge in [-0.3, -0.25) is 4.90 Å². The third-order valence-electron chi connectivity index (χ3n) is 3.78. The lowest BCUT2D eigenvalue weighted by Gasteiger charge is -2.14. The zero-order valence-electron chi connectivity index (χ0n) is 11.5. The Balaban J connectivity index is 1.74. The van der Waals surface area contributed by atoms with Gasteiger partial charge in [0.2, 0.25) is 0 Å². The fourth-order valence-electron chi connectivity index (χ4n) is 2.49. The van der Waals surface area contributed by atoms with Crippen LogP contribution in [-0.2, 0) is 6.54 Å². The minimum absolute atomic E-state index is 0.573. The van der Waals surface area contributed by atoms with E-state index in [9.17, 15) is 0 Å². The van der Waals surface area contributed by atoms with E-state index < -0.39 is 0 Å². The summed E-state index contributed by atoms with van der Waals surface area (Å²) in [6, 6.07) is 4.86. The Bertz CT molecular complexity index is 778. The number of hydrogen-bond acceptors (Lipinski definition) is 5. The molecule has 108 valence electrons. The molecule has 0 aliphatic heterocycles. The van der Waals surface area contributed by atoms with Crippen molar-refractivity contribution in [1.82, 2.24) is 14.9 Å². The Morgan fingerprint density at radius 1 is 1.33 bits per heavy atom. The monoisotopic (exact) mass is 335 g/mol. The highest BCUT2D eigenvalue weighted by Gasteiger charge is 2.27. The van der Waals surface area contributed by atoms with Crippen LogP contribution < -0.4 is 0 Å². The first kappa shape index (κ1) is 13.6. The Hall–Kier alpha value is -1.01. The van der Waals surface area contributed by atoms with Crippen LogP contribution in [0.2, 0.25) is 5.15 Å². The van der Waals surface area contributed by atoms with E-state index in [1.54, 1.807) is 22.7 Å². The second-order valence-electron chi connectivity index (χ2n) is 5.38. The van der Waals surface area contributed by atoms with Crippen molar-refractivity contribution in [3.8, 4) is 10.4 Å². The van der Waals surface area contributed by atoms with Gasteiger partial charge in [0.05, 0.1) is 11.9 Å². The van der Waals surface area contributed by atoms with Gasteiger partial charge in [-0.05, 0) is 31.3 Å². The summed E-state index contributed by atoms with van der Waals surface area (Å²) >= 11 is 9.81. The quantitative estimate of drug-likeness (QED) is 0.649. The summed E-state index contributed by atoms with van der Waals surface area (Å²) in [5, 5.41) is 5.77. The predicted molar refractivity (Wildman–Crippen MR) is 90.2 cm³/mol. The summed E-state index contributed by atoms with van der Waals surface area (Å²) in [5.41, 5.74) is 1.15. The van der Waals surface area contributed by atoms with Crippen LogP contribution in [0.3, 0.4) is 0 Å². The van der Waals surface area contributed by atoms with Crippen LogP contribution >= 0.6 is 34.3 Å². The van der Waals surface area contributed by atoms with E-state index in [1.807, 2.05) is 0 Å². The summed E-state index contributed by atoms with van der Waals surface area (Å²) in [5.74, 6) is 0.821. The van der Waals surface area contributed by atoms with Gasteiger partial charge in [-0.15, -0.1) is 22.7 Å². The summed E-state index contributed by atoms with van der Waals surface area (Å²) in [6.45, 7) is 0.770. The average Bonchev–Trinajstić information content (AvgIpc) is 3.00. The molecule has 1 fully saturated rings. The highest BCUT2D eigenvalue weighted by atomic mass is 35.5. The van der Waals surface area contributed by atoms with Crippen LogP contribution in [0.15, 0.2) is 22.9 Å². The van der Waals surface area contributed by atoms with E-state index >= 15 is 0 Å². The summed E-state index contributed by atoms with van der Waals surface area (Å²) in [7, 11) is 2.13. The zero-order valence-corrected chi connectivity index (χ0v) is 13.9. The molecule has 4 rings (SSSR count). The van der Waals surface area contributed by atoms with Crippen molar-refractivity contribution >= 4 is 44.5 Å². The van der Waals surface area contributed by atoms with Crippen molar-refractivity contribution in [2.45, 2.75) is 25.4 Å². The van der Waals surface area contributed by atoms with Crippen molar-refractivity contribution in [2.75, 3.05) is 7.05 Å². The second kappa shape index (κ2) is 5.32. The molecule has 0 aromatic carbocycles. The van der Waals surface area contributed by atoms with Gasteiger partial charge < -0.3 is 0 Å². The minimum atomic E-state index is 0.573. The largest absolute Gasteiger partial charge is 0.296 e. The minimum Gasteiger partial charge on any atom is -0.296 e. The van der Waals surface area contributed by atoms with Crippen LogP contribution in [0.4, 0.5) is 0 Å². The number of nitrogens with zero attached hydrogens (tertiary/aromatic N) is 3. The van der Waals surface area contributed by atoms with E-state index in [-0.39, 0.29) is 0 Å². The number of halogens is 1. The lowest BCUT2D eigenvalue weighted by Crippen LogP contribution is -2.21. The first-order valence-electron chi connectivity index (χ1n) is 6.90. The van der Waals surface area contributed by atoms with Gasteiger partial charge in [0.15, 0.2) is 0 Å². The molecule has 0 radical (unpaired) electrons. The predicted octanol–water partition coefficient (Wildman–Crippen LogP) is 4.67. The molecule has 0 spiro atoms. The van der Waals surface area contributed by atoms with Crippen LogP contribution in [-0.4, -0.2) is 28.0 Å². The molecule has 3 aromatic heterocycles. The standard InChI is InChI=1S/C15H14ClN3S2/c1-19(9-4-5-9)7-12-17-14(16)13-10(8-21-15(13)18-12)11-3-2-6-20-11/h2-3,6,8-9H,4-5,7H2,1H3. The Kier molecular flexibility index (Phi) is 3.46. The van der Waals surface area contributed by atoms with Gasteiger partial charge in [0, 0.05) is 21.9 Å². The maximum Gasteiger partial charge on any atom is 0.145 e. The number of thiophene rings is 2. The van der Waals surface area contributed by atoms with E-state index in [0.29, 0.717) is 11.2 Å². The van der Waals surface area contributed by atoms with Crippen LogP contribution in [0.25, 0.3) is 20.7 Å². The van der Waals surface area contributed by atoms with Crippen molar-refractivity contribution in [2.24, 2.45) is 0 Å². The smallest absolute Gasteiger partial charge is 0.145 e. The maximum atomic E-state index is 6.45. The van der Waals surface area contributed by atoms with Crippen molar-refractivity contribution in [3.05, 3.63) is 33.9 Å². The van der Waals surface area contributed by atoms with Crippen molar-refractivity contribution in [3.63, 3.8) is 0 Å². The molecule has 3 aromatic rings. The second-order valence-corrected chi connectivity index (χ2v) is 7.55. The van der Waals surface area contributed by atoms with Crippen molar-refractivity contribution in [1.29, 1.82) is 0 Å². The van der Waals surface area contributed by atoms with Gasteiger partial charge >= 0.3 is 0 Å². The van der Waals surface area contributed by atoms with Gasteiger partial charge in [0.25, 0.3) is 0 Å². The van der Waals surface area contributed by atoms with E-state index in [1.165, 1.54) is 17.7 Å². The van der Waals surface area contributed by atoms with E-state index in [2.05, 4.69) is 39.8 Å². The van der Waals surface area contributed by atoms with Crippen LogP contribution in [0.1, 0.15) is 18.7 Å². The van der Waals surface area contributed by atoms with Crippen LogP contribution in [0.5, 0.6) is 0 Å². The number of rotatable bonds is 4. The molecule has 0 N–H and O–H groups in total. The molecule has 3 nitrogen and oxygen atoms in total. The third kappa shape index (κ3) is 2.59. The lowest BCUT2D eigenvalue weighted by atomic mass is 10.2. The zero-order chi connectivity index (χ0) is 14.4. The highest BCUT2D eigenvalue weighted by molar-refractivity contribution is 7.18. The van der Waals surface area contributed by atoms with Gasteiger partial charge in [-0.2, -0.15) is 0 Å². The summed E-state index contributed by atoms with van der Waals surface area (Å²) in [4.78, 5) is 13.7. The van der Waals surface area contributed by atoms with Crippen LogP contribution in [0, 0.1) is 0 Å². The molecule has 1 aliphatic carbocycles. The topological polar surface area (TPSA) is 29.0 Å². The summed E-state index contributed by atoms with van der Waals surface area (Å²) < 4.78 is 0. The van der Waals surface area contributed by atoms with Gasteiger partial charge in [0.1, 0.15) is 15.8 Å². The SMILES string of the molecule is CN(Cc1nc(Cl)c2c(-c3cccs3)csc2n1)C1CC1. The van der Waals surface area contributed by atoms with Gasteiger partial charge in [-0.25, -0.2) is 9.97 Å². The fourth-order valence-corrected chi connectivity index (χ4v) is 4.62. The maximum absolute atomic E-state index is 6.45. The number of fused-ring (bicyclic) bond motifs is 1. The lowest BCUT2D eigenvalue weighted by molar-refractivity contribution is 0.308. The normalized spacial score (nSPS) is 15.2. The average molecular weight is 336 g/mol. The molecule has 0 bridgehead atoms. The molecule has 3 heterocycles. The molecule has 1 saturated carbocycles. The molecular formula is C15H14ClN3S2. The molecular weight excluding hydrogens is 322 g/mol. The first-order valence-corrected chi connectivity index (χ1v) is 9.04. The fraction of sp³-hybridized carbons (Fsp3) is 0.333. The third-order valence-corrected chi connectivity index (χ3v) is 5.83. The molecule has 0 saturated heterocycles. The van der Waals surface area contributed by atoms with E-state index in [0.717, 1.165) is 28.1 Å². The molecule has 21 heavy (non-hydrogen) atoms. The molecule has 0 atom stereocenters. The highest BCUT2D eigenvalue weighted by Crippen LogP contribution is 2.38. The molecule has 0 amide bonds. The van der Waals surface area contributed by atoms with Crippen molar-refractivity contribution < 1.29 is 0 Å². The Morgan fingerprint density at radius 2 is 2.19 bits per heavy atom.